The van der Waals surface area contributed by atoms with Crippen LogP contribution in [0.15, 0.2) is 37.1 Å². The van der Waals surface area contributed by atoms with Gasteiger partial charge in [-0.2, -0.15) is 0 Å². The van der Waals surface area contributed by atoms with E-state index in [1.807, 2.05) is 34.5 Å². The second-order valence-corrected chi connectivity index (χ2v) is 17.7. The van der Waals surface area contributed by atoms with Crippen LogP contribution in [0.4, 0.5) is 0 Å². The van der Waals surface area contributed by atoms with Crippen LogP contribution in [0.25, 0.3) is 0 Å². The molecule has 3 unspecified atom stereocenters. The van der Waals surface area contributed by atoms with E-state index in [0.717, 1.165) is 26.4 Å². The number of carbonyl (C=O) groups excluding carboxylic acids is 5. The predicted molar refractivity (Wildman–Crippen MR) is 255 cm³/mol. The molecule has 0 aliphatic carbocycles. The van der Waals surface area contributed by atoms with E-state index in [4.69, 9.17) is 25.1 Å². The van der Waals surface area contributed by atoms with Crippen molar-refractivity contribution in [1.29, 1.82) is 0 Å². The van der Waals surface area contributed by atoms with Gasteiger partial charge in [0.05, 0.1) is 49.8 Å². The zero-order chi connectivity index (χ0) is 50.8. The molecule has 1 aromatic rings. The Bertz CT molecular complexity index is 1410. The predicted octanol–water partition coefficient (Wildman–Crippen LogP) is 3.78. The van der Waals surface area contributed by atoms with Crippen molar-refractivity contribution in [3.63, 3.8) is 0 Å². The number of aliphatic hydroxyl groups is 2. The Morgan fingerprint density at radius 2 is 1.38 bits per heavy atom. The van der Waals surface area contributed by atoms with E-state index < -0.39 is 54.6 Å². The zero-order valence-electron chi connectivity index (χ0n) is 42.3. The fraction of sp³-hybridized carbons (Fsp3) is 0.739. The molecule has 18 nitrogen and oxygen atoms in total. The highest BCUT2D eigenvalue weighted by Crippen LogP contribution is 2.19. The second-order valence-electron chi connectivity index (χ2n) is 17.7. The van der Waals surface area contributed by atoms with E-state index in [1.165, 1.54) is 13.4 Å². The number of imidazole rings is 1. The van der Waals surface area contributed by atoms with Gasteiger partial charge in [-0.05, 0) is 58.3 Å². The monoisotopic (exact) mass is 915 g/mol. The third kappa shape index (κ3) is 31.5. The van der Waals surface area contributed by atoms with Crippen molar-refractivity contribution in [1.82, 2.24) is 36.1 Å². The number of hydrogen-bond donors (Lipinski definition) is 8. The Morgan fingerprint density at radius 1 is 0.859 bits per heavy atom. The number of H-pyrrole nitrogens is 1. The largest absolute Gasteiger partial charge is 0.400 e. The molecule has 64 heavy (non-hydrogen) atoms. The number of amides is 4. The summed E-state index contributed by atoms with van der Waals surface area (Å²) < 4.78 is 15.4. The van der Waals surface area contributed by atoms with Crippen molar-refractivity contribution >= 4 is 30.4 Å². The molecule has 9 N–H and O–H groups in total. The molecule has 0 radical (unpaired) electrons. The van der Waals surface area contributed by atoms with E-state index in [9.17, 15) is 24.3 Å². The third-order valence-corrected chi connectivity index (χ3v) is 8.82. The molecule has 0 aliphatic heterocycles. The number of ether oxygens (including phenoxy) is 3. The lowest BCUT2D eigenvalue weighted by molar-refractivity contribution is -0.135. The standard InChI is InChI=1S/C37H66N8O7.C5H12.C2H6O.CH4O.CH2O/c1-12-15-37(9,10)52-17-14-32(47)45(16-13-2)26(7)24(5)41-29(18-23(3)4)25(6)42-30(19-28-20-39-22-40-28)35(49)43-31(21-46)36(50)44-33(34(38)48)27(8)51-11;1-5(2,3)4;1-3-2;2*1-2/h20,22-23,26-27,29-31,33,41-42,46H,5-6,12-19,21H2,1-4,7-11H3,(H2,38,48)(H,39,40)(H,43,49)(H,44,50);1-4H3;1-2H3;2H,1H3;1H2/t26-,27?,29?,30-,31?,33-;;;;/m0..../s1. The first-order chi connectivity index (χ1) is 29.8. The van der Waals surface area contributed by atoms with Gasteiger partial charge in [-0.1, -0.05) is 75.0 Å². The average Bonchev–Trinajstić information content (AvgIpc) is 3.73. The molecule has 0 aliphatic rings. The number of rotatable bonds is 27. The van der Waals surface area contributed by atoms with Crippen molar-refractivity contribution in [2.24, 2.45) is 17.1 Å². The smallest absolute Gasteiger partial charge is 0.245 e. The lowest BCUT2D eigenvalue weighted by Crippen LogP contribution is -2.59. The molecular formula is C46H90N8O10. The van der Waals surface area contributed by atoms with Gasteiger partial charge in [0.1, 0.15) is 24.9 Å². The summed E-state index contributed by atoms with van der Waals surface area (Å²) in [5, 5.41) is 28.8. The van der Waals surface area contributed by atoms with Crippen LogP contribution in [0.3, 0.4) is 0 Å². The lowest BCUT2D eigenvalue weighted by Gasteiger charge is -2.35. The average molecular weight is 915 g/mol. The number of nitrogens with two attached hydrogens (primary N) is 1. The molecule has 0 bridgehead atoms. The Labute approximate surface area is 385 Å². The maximum atomic E-state index is 13.7. The maximum absolute atomic E-state index is 13.7. The number of nitrogens with zero attached hydrogens (tertiary/aromatic N) is 2. The Hall–Kier alpha value is -4.36. The van der Waals surface area contributed by atoms with E-state index >= 15 is 0 Å². The number of aromatic nitrogens is 2. The molecule has 1 heterocycles. The normalized spacial score (nSPS) is 13.6. The number of primary amides is 1. The molecule has 0 fully saturated rings. The molecule has 0 aromatic carbocycles. The van der Waals surface area contributed by atoms with E-state index in [1.54, 1.807) is 32.2 Å². The van der Waals surface area contributed by atoms with E-state index in [0.29, 0.717) is 42.1 Å². The first-order valence-corrected chi connectivity index (χ1v) is 21.8. The summed E-state index contributed by atoms with van der Waals surface area (Å²) in [5.41, 5.74) is 7.37. The first-order valence-electron chi connectivity index (χ1n) is 21.8. The highest BCUT2D eigenvalue weighted by atomic mass is 16.5. The van der Waals surface area contributed by atoms with Gasteiger partial charge in [-0.15, -0.1) is 0 Å². The maximum Gasteiger partial charge on any atom is 0.245 e. The van der Waals surface area contributed by atoms with Gasteiger partial charge in [0, 0.05) is 64.7 Å². The summed E-state index contributed by atoms with van der Waals surface area (Å²) in [6.45, 7) is 35.2. The molecule has 0 saturated carbocycles. The molecule has 0 spiro atoms. The Morgan fingerprint density at radius 3 is 1.80 bits per heavy atom. The minimum atomic E-state index is -1.40. The number of aromatic amines is 1. The molecule has 1 aromatic heterocycles. The number of aliphatic hydroxyl groups excluding tert-OH is 2. The van der Waals surface area contributed by atoms with Crippen LogP contribution in [0.1, 0.15) is 121 Å². The van der Waals surface area contributed by atoms with Crippen LogP contribution in [0.5, 0.6) is 0 Å². The topological polar surface area (TPSA) is 260 Å². The third-order valence-electron chi connectivity index (χ3n) is 8.82. The van der Waals surface area contributed by atoms with Crippen molar-refractivity contribution in [3.8, 4) is 0 Å². The zero-order valence-corrected chi connectivity index (χ0v) is 42.3. The van der Waals surface area contributed by atoms with Gasteiger partial charge in [-0.25, -0.2) is 4.98 Å². The molecule has 18 heteroatoms. The van der Waals surface area contributed by atoms with Gasteiger partial charge < -0.3 is 66.1 Å². The summed E-state index contributed by atoms with van der Waals surface area (Å²) in [5.74, 6) is -2.07. The van der Waals surface area contributed by atoms with E-state index in [-0.39, 0.29) is 36.3 Å². The first kappa shape index (κ1) is 66.2. The quantitative estimate of drug-likeness (QED) is 0.0626. The van der Waals surface area contributed by atoms with Gasteiger partial charge in [-0.3, -0.25) is 19.2 Å². The molecule has 1 rings (SSSR count). The highest BCUT2D eigenvalue weighted by molar-refractivity contribution is 5.93. The van der Waals surface area contributed by atoms with Crippen molar-refractivity contribution < 1.29 is 48.4 Å². The minimum absolute atomic E-state index is 0.0282. The van der Waals surface area contributed by atoms with Crippen LogP contribution in [0, 0.1) is 11.3 Å². The summed E-state index contributed by atoms with van der Waals surface area (Å²) in [7, 11) is 5.61. The number of carbonyl (C=O) groups is 5. The number of hydrogen-bond acceptors (Lipinski definition) is 13. The fourth-order valence-corrected chi connectivity index (χ4v) is 5.73. The van der Waals surface area contributed by atoms with Crippen molar-refractivity contribution in [3.05, 3.63) is 42.8 Å². The van der Waals surface area contributed by atoms with Gasteiger partial charge >= 0.3 is 0 Å². The summed E-state index contributed by atoms with van der Waals surface area (Å²) in [6.07, 6.45) is 5.98. The number of nitrogens with one attached hydrogen (secondary N) is 5. The lowest BCUT2D eigenvalue weighted by atomic mass is 9.99. The van der Waals surface area contributed by atoms with Crippen molar-refractivity contribution in [2.45, 2.75) is 164 Å². The van der Waals surface area contributed by atoms with Crippen LogP contribution in [-0.4, -0.2) is 146 Å². The summed E-state index contributed by atoms with van der Waals surface area (Å²) >= 11 is 0. The van der Waals surface area contributed by atoms with Crippen LogP contribution in [-0.2, 0) is 44.6 Å². The fourth-order valence-electron chi connectivity index (χ4n) is 5.73. The van der Waals surface area contributed by atoms with Gasteiger partial charge in [0.15, 0.2) is 0 Å². The molecule has 4 amide bonds. The summed E-state index contributed by atoms with van der Waals surface area (Å²) in [6, 6.07) is -4.29. The van der Waals surface area contributed by atoms with Crippen LogP contribution >= 0.6 is 0 Å². The Balaban J connectivity index is -0.00000134. The molecule has 0 saturated heterocycles. The SMILES string of the molecule is C=C(N[C@@H](Cc1cnc[nH]1)C(=O)NC(CO)C(=O)N[C@H](C(N)=O)C(C)OC)C(CC(C)C)NC(=C)[C@H](C)N(CCC)C(=O)CCOC(C)(C)CCC.C=O.CC(C)(C)C.CO.COC. The van der Waals surface area contributed by atoms with Gasteiger partial charge in [0.2, 0.25) is 23.6 Å². The minimum Gasteiger partial charge on any atom is -0.400 e. The number of methoxy groups -OCH3 is 2. The summed E-state index contributed by atoms with van der Waals surface area (Å²) in [4.78, 5) is 69.0. The van der Waals surface area contributed by atoms with Crippen LogP contribution in [0.2, 0.25) is 0 Å². The molecular weight excluding hydrogens is 825 g/mol. The molecule has 374 valence electrons. The van der Waals surface area contributed by atoms with Gasteiger partial charge in [0.25, 0.3) is 0 Å². The van der Waals surface area contributed by atoms with E-state index in [2.05, 4.69) is 97.6 Å². The Kier molecular flexibility index (Phi) is 38.2. The highest BCUT2D eigenvalue weighted by Gasteiger charge is 2.32. The van der Waals surface area contributed by atoms with Crippen molar-refractivity contribution in [2.75, 3.05) is 48.2 Å². The molecule has 6 atom stereocenters. The second kappa shape index (κ2) is 36.9. The van der Waals surface area contributed by atoms with Crippen LogP contribution < -0.4 is 27.0 Å².